The largest absolute Gasteiger partial charge is 0.496 e. The lowest BCUT2D eigenvalue weighted by Gasteiger charge is -2.10. The average Bonchev–Trinajstić information content (AvgIpc) is 2.38. The second-order valence-electron chi connectivity index (χ2n) is 3.55. The Kier molecular flexibility index (Phi) is 5.17. The predicted octanol–water partition coefficient (Wildman–Crippen LogP) is 1.76. The van der Waals surface area contributed by atoms with Crippen molar-refractivity contribution in [3.8, 4) is 5.75 Å². The molecule has 0 aromatic heterocycles. The molecule has 0 saturated heterocycles. The molecule has 1 aromatic rings. The van der Waals surface area contributed by atoms with Crippen LogP contribution in [0.4, 0.5) is 5.69 Å². The van der Waals surface area contributed by atoms with E-state index in [2.05, 4.69) is 10.1 Å². The van der Waals surface area contributed by atoms with Crippen molar-refractivity contribution >= 4 is 17.6 Å². The zero-order valence-electron chi connectivity index (χ0n) is 10.8. The van der Waals surface area contributed by atoms with Crippen LogP contribution in [0.5, 0.6) is 5.75 Å². The molecular weight excluding hydrogens is 234 g/mol. The number of hydrogen-bond acceptors (Lipinski definition) is 4. The van der Waals surface area contributed by atoms with E-state index in [1.54, 1.807) is 32.2 Å². The lowest BCUT2D eigenvalue weighted by molar-refractivity contribution is -0.152. The van der Waals surface area contributed by atoms with Gasteiger partial charge in [0, 0.05) is 5.69 Å². The molecule has 0 aliphatic rings. The number of hydrogen-bond donors (Lipinski definition) is 1. The van der Waals surface area contributed by atoms with Crippen molar-refractivity contribution in [2.45, 2.75) is 20.3 Å². The number of carbonyl (C=O) groups excluding carboxylic acids is 2. The number of ether oxygens (including phenoxy) is 2. The van der Waals surface area contributed by atoms with Crippen LogP contribution in [0.15, 0.2) is 18.2 Å². The summed E-state index contributed by atoms with van der Waals surface area (Å²) in [6, 6.07) is 5.20. The van der Waals surface area contributed by atoms with Crippen molar-refractivity contribution in [1.29, 1.82) is 0 Å². The van der Waals surface area contributed by atoms with Gasteiger partial charge >= 0.3 is 11.9 Å². The van der Waals surface area contributed by atoms with E-state index >= 15 is 0 Å². The van der Waals surface area contributed by atoms with E-state index in [0.29, 0.717) is 5.69 Å². The number of aryl methyl sites for hydroxylation is 1. The van der Waals surface area contributed by atoms with E-state index < -0.39 is 11.9 Å². The van der Waals surface area contributed by atoms with Gasteiger partial charge in [-0.1, -0.05) is 6.92 Å². The molecule has 1 amide bonds. The number of carbonyl (C=O) groups is 2. The van der Waals surface area contributed by atoms with E-state index in [1.165, 1.54) is 0 Å². The topological polar surface area (TPSA) is 64.6 Å². The van der Waals surface area contributed by atoms with Crippen LogP contribution in [0.25, 0.3) is 0 Å². The van der Waals surface area contributed by atoms with Gasteiger partial charge in [0.15, 0.2) is 0 Å². The Morgan fingerprint density at radius 2 is 2.00 bits per heavy atom. The molecule has 18 heavy (non-hydrogen) atoms. The fraction of sp³-hybridized carbons (Fsp3) is 0.385. The van der Waals surface area contributed by atoms with Crippen molar-refractivity contribution in [3.05, 3.63) is 23.8 Å². The van der Waals surface area contributed by atoms with E-state index in [0.717, 1.165) is 17.7 Å². The number of benzene rings is 1. The Hall–Kier alpha value is -2.04. The number of methoxy groups -OCH3 is 1. The van der Waals surface area contributed by atoms with E-state index in [9.17, 15) is 9.59 Å². The molecule has 0 saturated carbocycles. The minimum Gasteiger partial charge on any atom is -0.496 e. The van der Waals surface area contributed by atoms with Gasteiger partial charge in [-0.05, 0) is 37.1 Å². The Labute approximate surface area is 106 Å². The molecule has 1 N–H and O–H groups in total. The van der Waals surface area contributed by atoms with E-state index in [4.69, 9.17) is 4.74 Å². The molecule has 0 bridgehead atoms. The molecule has 0 unspecified atom stereocenters. The fourth-order valence-corrected chi connectivity index (χ4v) is 1.51. The summed E-state index contributed by atoms with van der Waals surface area (Å²) < 4.78 is 9.78. The minimum absolute atomic E-state index is 0.176. The third-order valence-corrected chi connectivity index (χ3v) is 2.38. The number of rotatable bonds is 4. The molecule has 0 fully saturated rings. The highest BCUT2D eigenvalue weighted by Crippen LogP contribution is 2.22. The Bertz CT molecular complexity index is 443. The summed E-state index contributed by atoms with van der Waals surface area (Å²) in [6.07, 6.45) is 0.770. The minimum atomic E-state index is -0.883. The van der Waals surface area contributed by atoms with Gasteiger partial charge in [-0.2, -0.15) is 0 Å². The van der Waals surface area contributed by atoms with Crippen LogP contribution in [0.3, 0.4) is 0 Å². The first-order valence-electron chi connectivity index (χ1n) is 5.77. The maximum atomic E-state index is 11.4. The zero-order valence-corrected chi connectivity index (χ0v) is 10.8. The maximum absolute atomic E-state index is 11.4. The average molecular weight is 251 g/mol. The van der Waals surface area contributed by atoms with E-state index in [1.807, 2.05) is 6.92 Å². The molecule has 98 valence electrons. The number of nitrogens with one attached hydrogen (secondary N) is 1. The summed E-state index contributed by atoms with van der Waals surface area (Å²) in [6.45, 7) is 3.80. The van der Waals surface area contributed by atoms with Crippen molar-refractivity contribution in [1.82, 2.24) is 0 Å². The molecule has 1 rings (SSSR count). The van der Waals surface area contributed by atoms with Gasteiger partial charge in [-0.15, -0.1) is 0 Å². The van der Waals surface area contributed by atoms with Gasteiger partial charge in [-0.3, -0.25) is 4.79 Å². The normalized spacial score (nSPS) is 9.72. The molecule has 5 heteroatoms. The van der Waals surface area contributed by atoms with Gasteiger partial charge < -0.3 is 14.8 Å². The highest BCUT2D eigenvalue weighted by atomic mass is 16.5. The summed E-state index contributed by atoms with van der Waals surface area (Å²) in [5.41, 5.74) is 1.50. The first-order valence-corrected chi connectivity index (χ1v) is 5.77. The van der Waals surface area contributed by atoms with Gasteiger partial charge in [-0.25, -0.2) is 4.79 Å². The number of esters is 1. The molecule has 5 nitrogen and oxygen atoms in total. The summed E-state index contributed by atoms with van der Waals surface area (Å²) in [7, 11) is 1.59. The Morgan fingerprint density at radius 3 is 2.56 bits per heavy atom. The van der Waals surface area contributed by atoms with Crippen LogP contribution in [-0.4, -0.2) is 25.6 Å². The maximum Gasteiger partial charge on any atom is 0.397 e. The highest BCUT2D eigenvalue weighted by molar-refractivity contribution is 6.37. The monoisotopic (exact) mass is 251 g/mol. The Balaban J connectivity index is 2.79. The standard InChI is InChI=1S/C13H17NO4/c1-4-9-8-10(6-7-11(9)17-3)14-12(15)13(16)18-5-2/h6-8H,4-5H2,1-3H3,(H,14,15). The van der Waals surface area contributed by atoms with Crippen molar-refractivity contribution in [3.63, 3.8) is 0 Å². The molecule has 0 radical (unpaired) electrons. The lowest BCUT2D eigenvalue weighted by Crippen LogP contribution is -2.25. The van der Waals surface area contributed by atoms with Gasteiger partial charge in [0.2, 0.25) is 0 Å². The molecule has 0 spiro atoms. The summed E-state index contributed by atoms with van der Waals surface area (Å²) >= 11 is 0. The van der Waals surface area contributed by atoms with Crippen molar-refractivity contribution < 1.29 is 19.1 Å². The third-order valence-electron chi connectivity index (χ3n) is 2.38. The first-order chi connectivity index (χ1) is 8.62. The number of anilines is 1. The van der Waals surface area contributed by atoms with Crippen LogP contribution >= 0.6 is 0 Å². The molecular formula is C13H17NO4. The van der Waals surface area contributed by atoms with Crippen molar-refractivity contribution in [2.75, 3.05) is 19.0 Å². The van der Waals surface area contributed by atoms with Gasteiger partial charge in [0.05, 0.1) is 13.7 Å². The summed E-state index contributed by atoms with van der Waals surface area (Å²) in [5, 5.41) is 2.48. The van der Waals surface area contributed by atoms with Crippen LogP contribution in [-0.2, 0) is 20.7 Å². The second-order valence-corrected chi connectivity index (χ2v) is 3.55. The Morgan fingerprint density at radius 1 is 1.28 bits per heavy atom. The predicted molar refractivity (Wildman–Crippen MR) is 67.6 cm³/mol. The number of amides is 1. The van der Waals surface area contributed by atoms with Crippen LogP contribution < -0.4 is 10.1 Å². The first kappa shape index (κ1) is 14.0. The fourth-order valence-electron chi connectivity index (χ4n) is 1.51. The molecule has 0 aliphatic carbocycles. The lowest BCUT2D eigenvalue weighted by atomic mass is 10.1. The molecule has 0 atom stereocenters. The summed E-state index contributed by atoms with van der Waals surface area (Å²) in [5.74, 6) is -0.901. The zero-order chi connectivity index (χ0) is 13.5. The van der Waals surface area contributed by atoms with Crippen LogP contribution in [0.2, 0.25) is 0 Å². The van der Waals surface area contributed by atoms with E-state index in [-0.39, 0.29) is 6.61 Å². The highest BCUT2D eigenvalue weighted by Gasteiger charge is 2.15. The van der Waals surface area contributed by atoms with Gasteiger partial charge in [0.1, 0.15) is 5.75 Å². The van der Waals surface area contributed by atoms with Crippen LogP contribution in [0, 0.1) is 0 Å². The third kappa shape index (κ3) is 3.48. The quantitative estimate of drug-likeness (QED) is 0.654. The smallest absolute Gasteiger partial charge is 0.397 e. The second kappa shape index (κ2) is 6.64. The molecule has 0 aliphatic heterocycles. The summed E-state index contributed by atoms with van der Waals surface area (Å²) in [4.78, 5) is 22.6. The molecule has 0 heterocycles. The van der Waals surface area contributed by atoms with Crippen LogP contribution in [0.1, 0.15) is 19.4 Å². The SMILES string of the molecule is CCOC(=O)C(=O)Nc1ccc(OC)c(CC)c1. The molecule has 1 aromatic carbocycles. The van der Waals surface area contributed by atoms with Crippen molar-refractivity contribution in [2.24, 2.45) is 0 Å². The van der Waals surface area contributed by atoms with Gasteiger partial charge in [0.25, 0.3) is 0 Å².